The van der Waals surface area contributed by atoms with Gasteiger partial charge in [-0.25, -0.2) is 0 Å². The molecule has 3 atom stereocenters. The van der Waals surface area contributed by atoms with Crippen molar-refractivity contribution in [2.45, 2.75) is 44.6 Å². The Hall–Kier alpha value is -1.11. The van der Waals surface area contributed by atoms with E-state index in [1.165, 1.54) is 19.1 Å². The monoisotopic (exact) mass is 331 g/mol. The molecule has 0 aromatic heterocycles. The zero-order valence-corrected chi connectivity index (χ0v) is 13.5. The van der Waals surface area contributed by atoms with Gasteiger partial charge in [-0.05, 0) is 56.8 Å². The highest BCUT2D eigenvalue weighted by Crippen LogP contribution is 2.33. The van der Waals surface area contributed by atoms with Crippen molar-refractivity contribution in [2.75, 3.05) is 19.6 Å². The third-order valence-corrected chi connectivity index (χ3v) is 4.57. The lowest BCUT2D eigenvalue weighted by atomic mass is 9.90. The molecule has 0 aliphatic carbocycles. The van der Waals surface area contributed by atoms with Crippen molar-refractivity contribution < 1.29 is 23.4 Å². The highest BCUT2D eigenvalue weighted by molar-refractivity contribution is 5.29. The number of nitrogens with zero attached hydrogens (tertiary/aromatic N) is 1. The summed E-state index contributed by atoms with van der Waals surface area (Å²) < 4.78 is 38.5. The van der Waals surface area contributed by atoms with Gasteiger partial charge in [0.25, 0.3) is 0 Å². The Morgan fingerprint density at radius 2 is 1.96 bits per heavy atom. The molecule has 130 valence electrons. The van der Waals surface area contributed by atoms with E-state index >= 15 is 0 Å². The van der Waals surface area contributed by atoms with Crippen molar-refractivity contribution in [3.63, 3.8) is 0 Å². The van der Waals surface area contributed by atoms with Gasteiger partial charge in [0.05, 0.1) is 17.3 Å². The number of hydrogen-bond donors (Lipinski definition) is 2. The number of likely N-dealkylation sites (tertiary alicyclic amines) is 1. The Balaban J connectivity index is 2.12. The van der Waals surface area contributed by atoms with Crippen molar-refractivity contribution in [1.29, 1.82) is 0 Å². The fourth-order valence-electron chi connectivity index (χ4n) is 3.19. The molecule has 6 heteroatoms. The zero-order valence-electron chi connectivity index (χ0n) is 13.5. The molecule has 1 aliphatic rings. The molecular formula is C17H24F3NO2. The van der Waals surface area contributed by atoms with Crippen molar-refractivity contribution in [1.82, 2.24) is 4.90 Å². The van der Waals surface area contributed by atoms with E-state index in [0.717, 1.165) is 31.5 Å². The van der Waals surface area contributed by atoms with E-state index in [1.54, 1.807) is 6.92 Å². The molecular weight excluding hydrogens is 307 g/mol. The molecule has 0 amide bonds. The first-order valence-corrected chi connectivity index (χ1v) is 7.90. The van der Waals surface area contributed by atoms with E-state index < -0.39 is 23.4 Å². The molecule has 2 N–H and O–H groups in total. The molecule has 1 fully saturated rings. The number of hydrogen-bond acceptors (Lipinski definition) is 3. The fraction of sp³-hybridized carbons (Fsp3) is 0.647. The number of aliphatic hydroxyl groups excluding tert-OH is 1. The fourth-order valence-corrected chi connectivity index (χ4v) is 3.19. The summed E-state index contributed by atoms with van der Waals surface area (Å²) >= 11 is 0. The van der Waals surface area contributed by atoms with Gasteiger partial charge in [0.1, 0.15) is 0 Å². The molecule has 23 heavy (non-hydrogen) atoms. The maximum atomic E-state index is 12.8. The Morgan fingerprint density at radius 1 is 1.30 bits per heavy atom. The lowest BCUT2D eigenvalue weighted by Gasteiger charge is -2.38. The number of benzene rings is 1. The predicted octanol–water partition coefficient (Wildman–Crippen LogP) is 3.01. The van der Waals surface area contributed by atoms with Crippen molar-refractivity contribution >= 4 is 0 Å². The number of halogens is 3. The highest BCUT2D eigenvalue weighted by atomic mass is 19.4. The first-order chi connectivity index (χ1) is 10.6. The van der Waals surface area contributed by atoms with E-state index in [2.05, 4.69) is 0 Å². The van der Waals surface area contributed by atoms with Gasteiger partial charge in [0, 0.05) is 13.1 Å². The molecule has 1 saturated heterocycles. The molecule has 0 radical (unpaired) electrons. The number of rotatable bonds is 4. The molecule has 0 bridgehead atoms. The third-order valence-electron chi connectivity index (χ3n) is 4.57. The van der Waals surface area contributed by atoms with Crippen LogP contribution in [0.4, 0.5) is 13.2 Å². The van der Waals surface area contributed by atoms with Gasteiger partial charge in [-0.3, -0.25) is 4.90 Å². The minimum Gasteiger partial charge on any atom is -0.393 e. The van der Waals surface area contributed by atoms with Gasteiger partial charge in [0.2, 0.25) is 0 Å². The van der Waals surface area contributed by atoms with Crippen molar-refractivity contribution in [3.05, 3.63) is 35.4 Å². The molecule has 1 aromatic carbocycles. The summed E-state index contributed by atoms with van der Waals surface area (Å²) in [6.45, 7) is 4.95. The van der Waals surface area contributed by atoms with Gasteiger partial charge in [-0.2, -0.15) is 13.2 Å². The lowest BCUT2D eigenvalue weighted by Crippen LogP contribution is -2.46. The van der Waals surface area contributed by atoms with Gasteiger partial charge < -0.3 is 10.2 Å². The van der Waals surface area contributed by atoms with Crippen LogP contribution in [0.2, 0.25) is 0 Å². The van der Waals surface area contributed by atoms with Crippen LogP contribution in [0, 0.1) is 5.92 Å². The summed E-state index contributed by atoms with van der Waals surface area (Å²) in [4.78, 5) is 2.02. The zero-order chi connectivity index (χ0) is 17.3. The van der Waals surface area contributed by atoms with Gasteiger partial charge >= 0.3 is 6.18 Å². The largest absolute Gasteiger partial charge is 0.416 e. The van der Waals surface area contributed by atoms with E-state index in [-0.39, 0.29) is 18.0 Å². The number of alkyl halides is 3. The minimum absolute atomic E-state index is 0.140. The summed E-state index contributed by atoms with van der Waals surface area (Å²) in [6, 6.07) is 4.85. The van der Waals surface area contributed by atoms with Gasteiger partial charge in [-0.15, -0.1) is 0 Å². The Labute approximate surface area is 134 Å². The summed E-state index contributed by atoms with van der Waals surface area (Å²) in [5, 5.41) is 20.4. The number of aliphatic hydroxyl groups is 2. The summed E-state index contributed by atoms with van der Waals surface area (Å²) in [5.41, 5.74) is -1.87. The van der Waals surface area contributed by atoms with Crippen LogP contribution in [-0.2, 0) is 11.8 Å². The van der Waals surface area contributed by atoms with Crippen LogP contribution >= 0.6 is 0 Å². The van der Waals surface area contributed by atoms with Crippen LogP contribution in [0.3, 0.4) is 0 Å². The maximum Gasteiger partial charge on any atom is 0.416 e. The topological polar surface area (TPSA) is 43.7 Å². The Morgan fingerprint density at radius 3 is 2.57 bits per heavy atom. The number of β-amino-alcohol motifs (C(OH)–C–C–N with tert-alkyl or cyclic N) is 1. The standard InChI is InChI=1S/C17H24F3NO2/c1-12(22)13-5-4-8-21(10-13)11-16(2,23)14-6-3-7-15(9-14)17(18,19)20/h3,6-7,9,12-13,22-23H,4-5,8,10-11H2,1-2H3. The predicted molar refractivity (Wildman–Crippen MR) is 81.9 cm³/mol. The smallest absolute Gasteiger partial charge is 0.393 e. The second kappa shape index (κ2) is 6.79. The average molecular weight is 331 g/mol. The molecule has 0 spiro atoms. The van der Waals surface area contributed by atoms with Crippen LogP contribution in [0.15, 0.2) is 24.3 Å². The Bertz CT molecular complexity index is 529. The molecule has 3 unspecified atom stereocenters. The maximum absolute atomic E-state index is 12.8. The van der Waals surface area contributed by atoms with Gasteiger partial charge in [-0.1, -0.05) is 12.1 Å². The van der Waals surface area contributed by atoms with E-state index in [4.69, 9.17) is 0 Å². The van der Waals surface area contributed by atoms with E-state index in [9.17, 15) is 23.4 Å². The first kappa shape index (κ1) is 18.2. The SMILES string of the molecule is CC(O)C1CCCN(CC(C)(O)c2cccc(C(F)(F)F)c2)C1. The van der Waals surface area contributed by atoms with Gasteiger partial charge in [0.15, 0.2) is 0 Å². The summed E-state index contributed by atoms with van der Waals surface area (Å²) in [6.07, 6.45) is -3.00. The minimum atomic E-state index is -4.42. The second-order valence-corrected chi connectivity index (χ2v) is 6.73. The molecule has 2 rings (SSSR count). The van der Waals surface area contributed by atoms with Crippen molar-refractivity contribution in [3.8, 4) is 0 Å². The van der Waals surface area contributed by atoms with Crippen molar-refractivity contribution in [2.24, 2.45) is 5.92 Å². The summed E-state index contributed by atoms with van der Waals surface area (Å²) in [7, 11) is 0. The Kier molecular flexibility index (Phi) is 5.38. The van der Waals surface area contributed by atoms with E-state index in [0.29, 0.717) is 6.54 Å². The first-order valence-electron chi connectivity index (χ1n) is 7.90. The van der Waals surface area contributed by atoms with Crippen LogP contribution in [-0.4, -0.2) is 40.9 Å². The molecule has 0 saturated carbocycles. The quantitative estimate of drug-likeness (QED) is 0.891. The van der Waals surface area contributed by atoms with Crippen LogP contribution in [0.5, 0.6) is 0 Å². The van der Waals surface area contributed by atoms with Crippen LogP contribution < -0.4 is 0 Å². The van der Waals surface area contributed by atoms with Crippen LogP contribution in [0.1, 0.15) is 37.8 Å². The molecule has 3 nitrogen and oxygen atoms in total. The average Bonchev–Trinajstić information content (AvgIpc) is 2.46. The normalized spacial score (nSPS) is 24.2. The summed E-state index contributed by atoms with van der Waals surface area (Å²) in [5.74, 6) is 0.140. The molecule has 1 heterocycles. The highest BCUT2D eigenvalue weighted by Gasteiger charge is 2.34. The number of piperidine rings is 1. The second-order valence-electron chi connectivity index (χ2n) is 6.73. The van der Waals surface area contributed by atoms with Crippen LogP contribution in [0.25, 0.3) is 0 Å². The molecule has 1 aliphatic heterocycles. The molecule has 1 aromatic rings. The van der Waals surface area contributed by atoms with E-state index in [1.807, 2.05) is 4.90 Å². The third kappa shape index (κ3) is 4.68. The lowest BCUT2D eigenvalue weighted by molar-refractivity contribution is -0.137.